The second-order valence-corrected chi connectivity index (χ2v) is 8.85. The summed E-state index contributed by atoms with van der Waals surface area (Å²) in [7, 11) is -3.70. The van der Waals surface area contributed by atoms with Crippen molar-refractivity contribution < 1.29 is 17.6 Å². The second-order valence-electron chi connectivity index (χ2n) is 6.86. The Morgan fingerprint density at radius 1 is 1.15 bits per heavy atom. The quantitative estimate of drug-likeness (QED) is 0.782. The average Bonchev–Trinajstić information content (AvgIpc) is 2.57. The van der Waals surface area contributed by atoms with Crippen molar-refractivity contribution in [3.8, 4) is 0 Å². The van der Waals surface area contributed by atoms with Crippen LogP contribution in [0.4, 0.5) is 10.1 Å². The molecule has 2 aromatic rings. The van der Waals surface area contributed by atoms with Gasteiger partial charge in [-0.05, 0) is 30.0 Å². The van der Waals surface area contributed by atoms with E-state index in [0.29, 0.717) is 5.69 Å². The number of hydrogen-bond donors (Lipinski definition) is 1. The molecule has 0 fully saturated rings. The zero-order valence-electron chi connectivity index (χ0n) is 16.0. The predicted octanol–water partition coefficient (Wildman–Crippen LogP) is 3.66. The molecule has 0 unspecified atom stereocenters. The van der Waals surface area contributed by atoms with E-state index in [-0.39, 0.29) is 24.6 Å². The van der Waals surface area contributed by atoms with E-state index in [0.717, 1.165) is 21.7 Å². The van der Waals surface area contributed by atoms with Crippen LogP contribution in [-0.2, 0) is 21.4 Å². The molecular formula is C20H25FN2O3S. The van der Waals surface area contributed by atoms with Crippen LogP contribution in [0.25, 0.3) is 0 Å². The number of hydrogen-bond acceptors (Lipinski definition) is 3. The van der Waals surface area contributed by atoms with Gasteiger partial charge >= 0.3 is 0 Å². The van der Waals surface area contributed by atoms with Gasteiger partial charge in [0.2, 0.25) is 15.9 Å². The van der Waals surface area contributed by atoms with Crippen LogP contribution < -0.4 is 5.32 Å². The number of nitrogens with zero attached hydrogens (tertiary/aromatic N) is 1. The molecule has 0 aromatic heterocycles. The third-order valence-corrected chi connectivity index (χ3v) is 5.48. The van der Waals surface area contributed by atoms with Crippen molar-refractivity contribution in [1.29, 1.82) is 0 Å². The van der Waals surface area contributed by atoms with Gasteiger partial charge in [0.1, 0.15) is 5.82 Å². The van der Waals surface area contributed by atoms with Crippen molar-refractivity contribution in [3.63, 3.8) is 0 Å². The van der Waals surface area contributed by atoms with E-state index in [1.54, 1.807) is 6.07 Å². The summed E-state index contributed by atoms with van der Waals surface area (Å²) in [6, 6.07) is 11.7. The van der Waals surface area contributed by atoms with Gasteiger partial charge < -0.3 is 5.32 Å². The maximum Gasteiger partial charge on any atom is 0.239 e. The second kappa shape index (κ2) is 8.63. The number of amides is 1. The van der Waals surface area contributed by atoms with Crippen molar-refractivity contribution in [3.05, 3.63) is 65.0 Å². The number of carbonyl (C=O) groups excluding carboxylic acids is 1. The molecule has 0 bridgehead atoms. The van der Waals surface area contributed by atoms with Gasteiger partial charge in [-0.1, -0.05) is 50.2 Å². The molecule has 0 saturated heterocycles. The van der Waals surface area contributed by atoms with Crippen LogP contribution in [-0.4, -0.2) is 31.4 Å². The van der Waals surface area contributed by atoms with Gasteiger partial charge in [-0.15, -0.1) is 0 Å². The maximum atomic E-state index is 13.9. The normalized spacial score (nSPS) is 11.8. The topological polar surface area (TPSA) is 66.5 Å². The zero-order valence-corrected chi connectivity index (χ0v) is 16.8. The summed E-state index contributed by atoms with van der Waals surface area (Å²) in [5, 5.41) is 2.82. The molecule has 2 rings (SSSR count). The van der Waals surface area contributed by atoms with Crippen molar-refractivity contribution in [2.45, 2.75) is 33.2 Å². The molecular weight excluding hydrogens is 367 g/mol. The van der Waals surface area contributed by atoms with E-state index in [2.05, 4.69) is 5.32 Å². The smallest absolute Gasteiger partial charge is 0.239 e. The highest BCUT2D eigenvalue weighted by Gasteiger charge is 2.22. The van der Waals surface area contributed by atoms with E-state index in [1.165, 1.54) is 18.2 Å². The van der Waals surface area contributed by atoms with E-state index in [4.69, 9.17) is 0 Å². The lowest BCUT2D eigenvalue weighted by molar-refractivity contribution is -0.116. The molecule has 5 nitrogen and oxygen atoms in total. The molecule has 7 heteroatoms. The first kappa shape index (κ1) is 21.1. The first-order valence-corrected chi connectivity index (χ1v) is 10.5. The molecule has 27 heavy (non-hydrogen) atoms. The van der Waals surface area contributed by atoms with Crippen LogP contribution in [0.3, 0.4) is 0 Å². The van der Waals surface area contributed by atoms with Crippen LogP contribution in [0.5, 0.6) is 0 Å². The lowest BCUT2D eigenvalue weighted by atomic mass is 9.98. The minimum Gasteiger partial charge on any atom is -0.324 e. The zero-order chi connectivity index (χ0) is 20.2. The monoisotopic (exact) mass is 392 g/mol. The average molecular weight is 392 g/mol. The Morgan fingerprint density at radius 3 is 2.41 bits per heavy atom. The van der Waals surface area contributed by atoms with Crippen molar-refractivity contribution in [1.82, 2.24) is 4.31 Å². The molecule has 0 aliphatic rings. The number of nitrogens with one attached hydrogen (secondary N) is 1. The number of halogens is 1. The summed E-state index contributed by atoms with van der Waals surface area (Å²) >= 11 is 0. The first-order valence-electron chi connectivity index (χ1n) is 8.67. The molecule has 0 saturated carbocycles. The van der Waals surface area contributed by atoms with Crippen LogP contribution in [0.1, 0.15) is 36.5 Å². The fourth-order valence-electron chi connectivity index (χ4n) is 2.79. The van der Waals surface area contributed by atoms with Gasteiger partial charge in [0.15, 0.2) is 0 Å². The van der Waals surface area contributed by atoms with Crippen molar-refractivity contribution >= 4 is 21.6 Å². The molecule has 0 heterocycles. The number of benzene rings is 2. The van der Waals surface area contributed by atoms with Crippen LogP contribution >= 0.6 is 0 Å². The molecule has 0 atom stereocenters. The Balaban J connectivity index is 2.22. The number of rotatable bonds is 7. The number of para-hydroxylation sites is 1. The summed E-state index contributed by atoms with van der Waals surface area (Å²) in [4.78, 5) is 12.6. The fraction of sp³-hybridized carbons (Fsp3) is 0.350. The van der Waals surface area contributed by atoms with E-state index >= 15 is 0 Å². The fourth-order valence-corrected chi connectivity index (χ4v) is 3.51. The van der Waals surface area contributed by atoms with Gasteiger partial charge in [-0.25, -0.2) is 12.8 Å². The highest BCUT2D eigenvalue weighted by molar-refractivity contribution is 7.88. The Bertz CT molecular complexity index is 927. The molecule has 0 spiro atoms. The summed E-state index contributed by atoms with van der Waals surface area (Å²) < 4.78 is 39.1. The summed E-state index contributed by atoms with van der Waals surface area (Å²) in [6.07, 6.45) is 1.01. The summed E-state index contributed by atoms with van der Waals surface area (Å²) in [6.45, 7) is 5.33. The van der Waals surface area contributed by atoms with Gasteiger partial charge in [-0.2, -0.15) is 4.31 Å². The first-order chi connectivity index (χ1) is 12.6. The number of aryl methyl sites for hydroxylation is 1. The predicted molar refractivity (Wildman–Crippen MR) is 106 cm³/mol. The van der Waals surface area contributed by atoms with Crippen molar-refractivity contribution in [2.24, 2.45) is 0 Å². The minimum absolute atomic E-state index is 0.199. The number of sulfonamides is 1. The number of carbonyl (C=O) groups is 1. The third-order valence-electron chi connectivity index (χ3n) is 4.28. The maximum absolute atomic E-state index is 13.9. The molecule has 1 N–H and O–H groups in total. The third kappa shape index (κ3) is 5.61. The lowest BCUT2D eigenvalue weighted by Gasteiger charge is -2.21. The molecule has 0 radical (unpaired) electrons. The van der Waals surface area contributed by atoms with Crippen LogP contribution in [0.15, 0.2) is 42.5 Å². The minimum atomic E-state index is -3.70. The van der Waals surface area contributed by atoms with Crippen LogP contribution in [0, 0.1) is 12.7 Å². The van der Waals surface area contributed by atoms with Gasteiger partial charge in [0, 0.05) is 17.8 Å². The van der Waals surface area contributed by atoms with E-state index in [9.17, 15) is 17.6 Å². The highest BCUT2D eigenvalue weighted by Crippen LogP contribution is 2.27. The van der Waals surface area contributed by atoms with Gasteiger partial charge in [-0.3, -0.25) is 4.79 Å². The van der Waals surface area contributed by atoms with Crippen LogP contribution in [0.2, 0.25) is 0 Å². The van der Waals surface area contributed by atoms with E-state index in [1.807, 2.05) is 39.0 Å². The molecule has 2 aromatic carbocycles. The summed E-state index contributed by atoms with van der Waals surface area (Å²) in [5.41, 5.74) is 2.78. The Morgan fingerprint density at radius 2 is 1.81 bits per heavy atom. The molecule has 146 valence electrons. The Hall–Kier alpha value is -2.25. The molecule has 0 aliphatic heterocycles. The van der Waals surface area contributed by atoms with Gasteiger partial charge in [0.25, 0.3) is 0 Å². The Kier molecular flexibility index (Phi) is 6.73. The standard InChI is InChI=1S/C20H25FN2O3S/c1-14(2)17-10-7-8-15(3)20(17)22-19(24)13-23(27(4,25)26)12-16-9-5-6-11-18(16)21/h5-11,14H,12-13H2,1-4H3,(H,22,24). The van der Waals surface area contributed by atoms with Crippen molar-refractivity contribution in [2.75, 3.05) is 18.1 Å². The number of anilines is 1. The largest absolute Gasteiger partial charge is 0.324 e. The highest BCUT2D eigenvalue weighted by atomic mass is 32.2. The van der Waals surface area contributed by atoms with Gasteiger partial charge in [0.05, 0.1) is 12.8 Å². The summed E-state index contributed by atoms with van der Waals surface area (Å²) in [5.74, 6) is -0.773. The Labute approximate surface area is 160 Å². The molecule has 0 aliphatic carbocycles. The lowest BCUT2D eigenvalue weighted by Crippen LogP contribution is -2.37. The van der Waals surface area contributed by atoms with E-state index < -0.39 is 21.7 Å². The molecule has 1 amide bonds. The SMILES string of the molecule is Cc1cccc(C(C)C)c1NC(=O)CN(Cc1ccccc1F)S(C)(=O)=O.